The maximum absolute atomic E-state index is 12.0. The van der Waals surface area contributed by atoms with Crippen LogP contribution in [0.5, 0.6) is 0 Å². The summed E-state index contributed by atoms with van der Waals surface area (Å²) >= 11 is 0. The fraction of sp³-hybridized carbons (Fsp3) is 0.429. The Morgan fingerprint density at radius 1 is 0.900 bits per heavy atom. The van der Waals surface area contributed by atoms with Crippen LogP contribution in [0.1, 0.15) is 20.7 Å². The molecule has 2 amide bonds. The Kier molecular flexibility index (Phi) is 5.20. The Hall–Kier alpha value is -1.79. The van der Waals surface area contributed by atoms with E-state index in [-0.39, 0.29) is 31.6 Å². The lowest BCUT2D eigenvalue weighted by atomic mass is 10.1. The summed E-state index contributed by atoms with van der Waals surface area (Å²) in [5.74, 6) is -0.578. The second-order valence-corrected chi connectivity index (χ2v) is 4.22. The molecule has 0 saturated heterocycles. The predicted octanol–water partition coefficient (Wildman–Crippen LogP) is 1.29. The van der Waals surface area contributed by atoms with E-state index in [4.69, 9.17) is 9.47 Å². The van der Waals surface area contributed by atoms with E-state index in [1.165, 1.54) is 4.90 Å². The summed E-state index contributed by atoms with van der Waals surface area (Å²) in [5.41, 5.74) is 0.868. The molecule has 0 N–H and O–H groups in total. The van der Waals surface area contributed by atoms with Gasteiger partial charge in [-0.25, -0.2) is 4.39 Å². The highest BCUT2D eigenvalue weighted by Gasteiger charge is 2.34. The highest BCUT2D eigenvalue weighted by atomic mass is 19.1. The Morgan fingerprint density at radius 2 is 1.45 bits per heavy atom. The topological polar surface area (TPSA) is 55.8 Å². The van der Waals surface area contributed by atoms with Gasteiger partial charge in [-0.3, -0.25) is 14.5 Å². The highest BCUT2D eigenvalue weighted by Crippen LogP contribution is 2.21. The summed E-state index contributed by atoms with van der Waals surface area (Å²) in [6.45, 7) is 0.589. The summed E-state index contributed by atoms with van der Waals surface area (Å²) in [5, 5.41) is 0. The summed E-state index contributed by atoms with van der Waals surface area (Å²) in [6, 6.07) is 6.74. The van der Waals surface area contributed by atoms with E-state index in [0.29, 0.717) is 24.3 Å². The molecule has 0 aliphatic carbocycles. The normalized spacial score (nSPS) is 13.9. The van der Waals surface area contributed by atoms with Crippen molar-refractivity contribution in [3.8, 4) is 0 Å². The number of hydrogen-bond donors (Lipinski definition) is 0. The van der Waals surface area contributed by atoms with Crippen molar-refractivity contribution in [1.82, 2.24) is 4.90 Å². The molecule has 0 saturated carbocycles. The van der Waals surface area contributed by atoms with Gasteiger partial charge in [0.05, 0.1) is 44.1 Å². The van der Waals surface area contributed by atoms with E-state index in [1.54, 1.807) is 24.3 Å². The van der Waals surface area contributed by atoms with Crippen LogP contribution in [-0.2, 0) is 9.47 Å². The van der Waals surface area contributed by atoms with Crippen molar-refractivity contribution in [1.29, 1.82) is 0 Å². The van der Waals surface area contributed by atoms with Gasteiger partial charge in [0.25, 0.3) is 11.8 Å². The number of amides is 2. The molecule has 20 heavy (non-hydrogen) atoms. The molecule has 1 aliphatic heterocycles. The van der Waals surface area contributed by atoms with Gasteiger partial charge in [-0.05, 0) is 12.1 Å². The van der Waals surface area contributed by atoms with Crippen molar-refractivity contribution in [2.75, 3.05) is 39.6 Å². The van der Waals surface area contributed by atoms with Crippen LogP contribution in [0.4, 0.5) is 4.39 Å². The van der Waals surface area contributed by atoms with Gasteiger partial charge in [0.1, 0.15) is 6.67 Å². The predicted molar refractivity (Wildman–Crippen MR) is 69.4 cm³/mol. The van der Waals surface area contributed by atoms with E-state index in [1.807, 2.05) is 0 Å². The van der Waals surface area contributed by atoms with Crippen molar-refractivity contribution >= 4 is 11.8 Å². The molecular formula is C14H16FNO4. The third-order valence-corrected chi connectivity index (χ3v) is 2.93. The largest absolute Gasteiger partial charge is 0.377 e. The number of carbonyl (C=O) groups is 2. The standard InChI is InChI=1S/C14H16FNO4/c15-5-7-19-9-10-20-8-6-16-13(17)11-3-1-2-4-12(11)14(16)18/h1-4H,5-10H2. The Morgan fingerprint density at radius 3 is 2.00 bits per heavy atom. The van der Waals surface area contributed by atoms with Gasteiger partial charge >= 0.3 is 0 Å². The van der Waals surface area contributed by atoms with Gasteiger partial charge in [-0.2, -0.15) is 0 Å². The smallest absolute Gasteiger partial charge is 0.261 e. The van der Waals surface area contributed by atoms with E-state index in [9.17, 15) is 14.0 Å². The molecule has 0 radical (unpaired) electrons. The molecule has 108 valence electrons. The molecule has 0 spiro atoms. The monoisotopic (exact) mass is 281 g/mol. The SMILES string of the molecule is O=C1c2ccccc2C(=O)N1CCOCCOCCF. The first-order valence-electron chi connectivity index (χ1n) is 6.42. The van der Waals surface area contributed by atoms with E-state index >= 15 is 0 Å². The number of halogens is 1. The molecule has 1 aromatic carbocycles. The number of carbonyl (C=O) groups excluding carboxylic acids is 2. The van der Waals surface area contributed by atoms with Crippen LogP contribution in [0.25, 0.3) is 0 Å². The number of fused-ring (bicyclic) bond motifs is 1. The molecule has 1 aliphatic rings. The minimum absolute atomic E-state index is 0.0573. The average molecular weight is 281 g/mol. The minimum Gasteiger partial charge on any atom is -0.377 e. The molecule has 1 aromatic rings. The number of imide groups is 1. The molecule has 0 aromatic heterocycles. The van der Waals surface area contributed by atoms with Crippen LogP contribution in [0.2, 0.25) is 0 Å². The Balaban J connectivity index is 1.75. The number of ether oxygens (including phenoxy) is 2. The van der Waals surface area contributed by atoms with Crippen molar-refractivity contribution in [2.24, 2.45) is 0 Å². The summed E-state index contributed by atoms with van der Waals surface area (Å²) in [4.78, 5) is 25.2. The zero-order chi connectivity index (χ0) is 14.4. The maximum Gasteiger partial charge on any atom is 0.261 e. The van der Waals surface area contributed by atoms with Crippen LogP contribution in [0.15, 0.2) is 24.3 Å². The zero-order valence-electron chi connectivity index (χ0n) is 11.0. The van der Waals surface area contributed by atoms with E-state index in [2.05, 4.69) is 0 Å². The van der Waals surface area contributed by atoms with E-state index in [0.717, 1.165) is 0 Å². The van der Waals surface area contributed by atoms with Crippen LogP contribution >= 0.6 is 0 Å². The molecule has 0 bridgehead atoms. The lowest BCUT2D eigenvalue weighted by molar-refractivity contribution is 0.0325. The molecular weight excluding hydrogens is 265 g/mol. The number of nitrogens with zero attached hydrogens (tertiary/aromatic N) is 1. The quantitative estimate of drug-likeness (QED) is 0.532. The third kappa shape index (κ3) is 3.20. The van der Waals surface area contributed by atoms with E-state index < -0.39 is 6.67 Å². The minimum atomic E-state index is -0.519. The van der Waals surface area contributed by atoms with Crippen molar-refractivity contribution in [2.45, 2.75) is 0 Å². The van der Waals surface area contributed by atoms with Gasteiger partial charge in [0.15, 0.2) is 0 Å². The Labute approximate surface area is 116 Å². The van der Waals surface area contributed by atoms with Gasteiger partial charge in [0, 0.05) is 0 Å². The maximum atomic E-state index is 12.0. The molecule has 0 atom stereocenters. The third-order valence-electron chi connectivity index (χ3n) is 2.93. The molecule has 2 rings (SSSR count). The highest BCUT2D eigenvalue weighted by molar-refractivity contribution is 6.21. The fourth-order valence-electron chi connectivity index (χ4n) is 1.97. The van der Waals surface area contributed by atoms with Crippen LogP contribution in [0.3, 0.4) is 0 Å². The first kappa shape index (κ1) is 14.6. The molecule has 1 heterocycles. The van der Waals surface area contributed by atoms with Crippen LogP contribution < -0.4 is 0 Å². The van der Waals surface area contributed by atoms with Gasteiger partial charge < -0.3 is 9.47 Å². The molecule has 5 nitrogen and oxygen atoms in total. The second kappa shape index (κ2) is 7.12. The van der Waals surface area contributed by atoms with Crippen LogP contribution in [-0.4, -0.2) is 56.4 Å². The average Bonchev–Trinajstić information content (AvgIpc) is 2.71. The molecule has 0 fully saturated rings. The zero-order valence-corrected chi connectivity index (χ0v) is 11.0. The van der Waals surface area contributed by atoms with Crippen molar-refractivity contribution < 1.29 is 23.5 Å². The van der Waals surface area contributed by atoms with Crippen LogP contribution in [0, 0.1) is 0 Å². The Bertz CT molecular complexity index is 457. The number of rotatable bonds is 8. The summed E-state index contributed by atoms with van der Waals surface area (Å²) < 4.78 is 21.9. The van der Waals surface area contributed by atoms with Crippen molar-refractivity contribution in [3.63, 3.8) is 0 Å². The number of alkyl halides is 1. The summed E-state index contributed by atoms with van der Waals surface area (Å²) in [7, 11) is 0. The van der Waals surface area contributed by atoms with Gasteiger partial charge in [-0.15, -0.1) is 0 Å². The van der Waals surface area contributed by atoms with Gasteiger partial charge in [0.2, 0.25) is 0 Å². The number of hydrogen-bond acceptors (Lipinski definition) is 4. The van der Waals surface area contributed by atoms with Gasteiger partial charge in [-0.1, -0.05) is 12.1 Å². The lowest BCUT2D eigenvalue weighted by Gasteiger charge is -2.13. The first-order valence-corrected chi connectivity index (χ1v) is 6.42. The number of benzene rings is 1. The first-order chi connectivity index (χ1) is 9.75. The molecule has 0 unspecified atom stereocenters. The summed E-state index contributed by atoms with van der Waals surface area (Å²) in [6.07, 6.45) is 0. The molecule has 6 heteroatoms. The second-order valence-electron chi connectivity index (χ2n) is 4.22. The lowest BCUT2D eigenvalue weighted by Crippen LogP contribution is -2.33. The van der Waals surface area contributed by atoms with Crippen molar-refractivity contribution in [3.05, 3.63) is 35.4 Å². The fourth-order valence-corrected chi connectivity index (χ4v) is 1.97.